The number of aromatic nitrogens is 2. The zero-order valence-electron chi connectivity index (χ0n) is 9.69. The molecule has 0 aromatic carbocycles. The van der Waals surface area contributed by atoms with Crippen LogP contribution in [0.4, 0.5) is 0 Å². The number of nitrogens with zero attached hydrogens (tertiary/aromatic N) is 3. The number of rotatable bonds is 3. The second-order valence-electron chi connectivity index (χ2n) is 3.93. The van der Waals surface area contributed by atoms with Gasteiger partial charge in [-0.15, -0.1) is 0 Å². The summed E-state index contributed by atoms with van der Waals surface area (Å²) in [6.45, 7) is 4.30. The highest BCUT2D eigenvalue weighted by molar-refractivity contribution is 5.94. The van der Waals surface area contributed by atoms with Crippen molar-refractivity contribution in [3.8, 4) is 0 Å². The molecule has 0 saturated carbocycles. The molecule has 0 aliphatic rings. The molecule has 0 spiro atoms. The van der Waals surface area contributed by atoms with Crippen LogP contribution in [0.15, 0.2) is 6.20 Å². The van der Waals surface area contributed by atoms with Gasteiger partial charge in [0.05, 0.1) is 11.8 Å². The Labute approximate surface area is 89.9 Å². The predicted molar refractivity (Wildman–Crippen MR) is 58.6 cm³/mol. The van der Waals surface area contributed by atoms with E-state index in [9.17, 15) is 4.79 Å². The SMILES string of the molecule is Cc1c(C(=O)N(C)CC(C)N)cnn1C. The van der Waals surface area contributed by atoms with Gasteiger partial charge in [0.2, 0.25) is 0 Å². The van der Waals surface area contributed by atoms with Gasteiger partial charge in [0.25, 0.3) is 5.91 Å². The van der Waals surface area contributed by atoms with E-state index in [0.717, 1.165) is 5.69 Å². The lowest BCUT2D eigenvalue weighted by Gasteiger charge is -2.18. The van der Waals surface area contributed by atoms with Crippen molar-refractivity contribution in [1.82, 2.24) is 14.7 Å². The molecule has 2 N–H and O–H groups in total. The first-order chi connectivity index (χ1) is 6.93. The second kappa shape index (κ2) is 4.44. The van der Waals surface area contributed by atoms with E-state index < -0.39 is 0 Å². The summed E-state index contributed by atoms with van der Waals surface area (Å²) in [4.78, 5) is 13.6. The molecule has 0 bridgehead atoms. The molecule has 1 unspecified atom stereocenters. The first-order valence-corrected chi connectivity index (χ1v) is 4.93. The molecule has 15 heavy (non-hydrogen) atoms. The van der Waals surface area contributed by atoms with Crippen molar-refractivity contribution in [2.75, 3.05) is 13.6 Å². The van der Waals surface area contributed by atoms with Crippen LogP contribution in [0.1, 0.15) is 23.0 Å². The summed E-state index contributed by atoms with van der Waals surface area (Å²) in [6, 6.07) is -0.0177. The van der Waals surface area contributed by atoms with Crippen molar-refractivity contribution in [2.45, 2.75) is 19.9 Å². The Morgan fingerprint density at radius 1 is 1.73 bits per heavy atom. The quantitative estimate of drug-likeness (QED) is 0.772. The van der Waals surface area contributed by atoms with Gasteiger partial charge in [0.1, 0.15) is 0 Å². The van der Waals surface area contributed by atoms with E-state index >= 15 is 0 Å². The van der Waals surface area contributed by atoms with E-state index in [1.807, 2.05) is 20.9 Å². The minimum absolute atomic E-state index is 0.0177. The monoisotopic (exact) mass is 210 g/mol. The Kier molecular flexibility index (Phi) is 3.47. The number of hydrogen-bond donors (Lipinski definition) is 1. The lowest BCUT2D eigenvalue weighted by atomic mass is 10.2. The second-order valence-corrected chi connectivity index (χ2v) is 3.93. The molecule has 5 nitrogen and oxygen atoms in total. The number of likely N-dealkylation sites (N-methyl/N-ethyl adjacent to an activating group) is 1. The molecule has 1 heterocycles. The van der Waals surface area contributed by atoms with Gasteiger partial charge in [-0.05, 0) is 13.8 Å². The molecular weight excluding hydrogens is 192 g/mol. The van der Waals surface area contributed by atoms with Gasteiger partial charge >= 0.3 is 0 Å². The molecule has 0 radical (unpaired) electrons. The number of nitrogens with two attached hydrogens (primary N) is 1. The summed E-state index contributed by atoms with van der Waals surface area (Å²) >= 11 is 0. The summed E-state index contributed by atoms with van der Waals surface area (Å²) in [7, 11) is 3.57. The average molecular weight is 210 g/mol. The van der Waals surface area contributed by atoms with Crippen molar-refractivity contribution in [3.63, 3.8) is 0 Å². The summed E-state index contributed by atoms with van der Waals surface area (Å²) in [5, 5.41) is 4.04. The first kappa shape index (κ1) is 11.7. The largest absolute Gasteiger partial charge is 0.340 e. The molecule has 1 aromatic heterocycles. The van der Waals surface area contributed by atoms with E-state index in [1.54, 1.807) is 22.8 Å². The van der Waals surface area contributed by atoms with Crippen LogP contribution in [0.2, 0.25) is 0 Å². The average Bonchev–Trinajstić information content (AvgIpc) is 2.45. The van der Waals surface area contributed by atoms with Crippen molar-refractivity contribution >= 4 is 5.91 Å². The zero-order valence-corrected chi connectivity index (χ0v) is 9.69. The Hall–Kier alpha value is -1.36. The standard InChI is InChI=1S/C10H18N4O/c1-7(11)6-13(3)10(15)9-5-12-14(4)8(9)2/h5,7H,6,11H2,1-4H3. The topological polar surface area (TPSA) is 64.2 Å². The van der Waals surface area contributed by atoms with Gasteiger partial charge in [0, 0.05) is 32.4 Å². The molecule has 1 aromatic rings. The molecule has 0 aliphatic heterocycles. The number of amides is 1. The predicted octanol–water partition coefficient (Wildman–Crippen LogP) is 0.148. The van der Waals surface area contributed by atoms with Crippen LogP contribution in [0.3, 0.4) is 0 Å². The highest BCUT2D eigenvalue weighted by Crippen LogP contribution is 2.08. The van der Waals surface area contributed by atoms with Crippen LogP contribution < -0.4 is 5.73 Å². The van der Waals surface area contributed by atoms with Crippen molar-refractivity contribution < 1.29 is 4.79 Å². The Balaban J connectivity index is 2.81. The fourth-order valence-corrected chi connectivity index (χ4v) is 1.43. The normalized spacial score (nSPS) is 12.6. The van der Waals surface area contributed by atoms with Crippen LogP contribution in [-0.4, -0.2) is 40.2 Å². The van der Waals surface area contributed by atoms with Crippen molar-refractivity contribution in [3.05, 3.63) is 17.5 Å². The van der Waals surface area contributed by atoms with Gasteiger partial charge in [0.15, 0.2) is 0 Å². The highest BCUT2D eigenvalue weighted by atomic mass is 16.2. The van der Waals surface area contributed by atoms with Crippen molar-refractivity contribution in [1.29, 1.82) is 0 Å². The van der Waals surface area contributed by atoms with Gasteiger partial charge in [-0.3, -0.25) is 9.48 Å². The van der Waals surface area contributed by atoms with Gasteiger partial charge in [-0.2, -0.15) is 5.10 Å². The molecule has 0 saturated heterocycles. The molecular formula is C10H18N4O. The summed E-state index contributed by atoms with van der Waals surface area (Å²) < 4.78 is 1.69. The Morgan fingerprint density at radius 3 is 2.73 bits per heavy atom. The van der Waals surface area contributed by atoms with Crippen LogP contribution in [0.25, 0.3) is 0 Å². The van der Waals surface area contributed by atoms with Crippen LogP contribution in [-0.2, 0) is 7.05 Å². The number of carbonyl (C=O) groups is 1. The Morgan fingerprint density at radius 2 is 2.33 bits per heavy atom. The number of aryl methyl sites for hydroxylation is 1. The minimum Gasteiger partial charge on any atom is -0.340 e. The molecule has 84 valence electrons. The lowest BCUT2D eigenvalue weighted by molar-refractivity contribution is 0.0788. The van der Waals surface area contributed by atoms with Crippen LogP contribution >= 0.6 is 0 Å². The third-order valence-corrected chi connectivity index (χ3v) is 2.37. The first-order valence-electron chi connectivity index (χ1n) is 4.93. The number of hydrogen-bond acceptors (Lipinski definition) is 3. The molecule has 0 fully saturated rings. The smallest absolute Gasteiger partial charge is 0.257 e. The number of carbonyl (C=O) groups excluding carboxylic acids is 1. The van der Waals surface area contributed by atoms with E-state index in [2.05, 4.69) is 5.10 Å². The summed E-state index contributed by atoms with van der Waals surface area (Å²) in [5.41, 5.74) is 7.15. The third kappa shape index (κ3) is 2.56. The molecule has 0 aliphatic carbocycles. The van der Waals surface area contributed by atoms with E-state index in [0.29, 0.717) is 12.1 Å². The summed E-state index contributed by atoms with van der Waals surface area (Å²) in [5.74, 6) is -0.0297. The van der Waals surface area contributed by atoms with Crippen LogP contribution in [0, 0.1) is 6.92 Å². The van der Waals surface area contributed by atoms with E-state index in [-0.39, 0.29) is 11.9 Å². The molecule has 1 atom stereocenters. The van der Waals surface area contributed by atoms with Gasteiger partial charge in [-0.25, -0.2) is 0 Å². The highest BCUT2D eigenvalue weighted by Gasteiger charge is 2.17. The molecule has 5 heteroatoms. The zero-order chi connectivity index (χ0) is 11.6. The molecule has 1 amide bonds. The fourth-order valence-electron chi connectivity index (χ4n) is 1.43. The summed E-state index contributed by atoms with van der Waals surface area (Å²) in [6.07, 6.45) is 1.59. The Bertz CT molecular complexity index is 356. The minimum atomic E-state index is -0.0297. The van der Waals surface area contributed by atoms with E-state index in [1.165, 1.54) is 0 Å². The van der Waals surface area contributed by atoms with E-state index in [4.69, 9.17) is 5.73 Å². The van der Waals surface area contributed by atoms with Gasteiger partial charge < -0.3 is 10.6 Å². The van der Waals surface area contributed by atoms with Crippen molar-refractivity contribution in [2.24, 2.45) is 12.8 Å². The molecule has 1 rings (SSSR count). The maximum Gasteiger partial charge on any atom is 0.257 e. The fraction of sp³-hybridized carbons (Fsp3) is 0.600. The van der Waals surface area contributed by atoms with Gasteiger partial charge in [-0.1, -0.05) is 0 Å². The third-order valence-electron chi connectivity index (χ3n) is 2.37. The maximum absolute atomic E-state index is 11.9. The van der Waals surface area contributed by atoms with Crippen LogP contribution in [0.5, 0.6) is 0 Å². The lowest BCUT2D eigenvalue weighted by Crippen LogP contribution is -2.37. The maximum atomic E-state index is 11.9.